The lowest BCUT2D eigenvalue weighted by Gasteiger charge is -2.35. The van der Waals surface area contributed by atoms with Crippen molar-refractivity contribution in [2.75, 3.05) is 20.8 Å². The summed E-state index contributed by atoms with van der Waals surface area (Å²) in [6.07, 6.45) is 3.17. The fourth-order valence-electron chi connectivity index (χ4n) is 3.57. The number of thiophene rings is 1. The Labute approximate surface area is 153 Å². The van der Waals surface area contributed by atoms with Crippen molar-refractivity contribution in [2.45, 2.75) is 38.6 Å². The maximum Gasteiger partial charge on any atom is 0.223 e. The highest BCUT2D eigenvalue weighted by molar-refractivity contribution is 7.10. The molecule has 2 aromatic rings. The van der Waals surface area contributed by atoms with Gasteiger partial charge in [0.2, 0.25) is 5.91 Å². The van der Waals surface area contributed by atoms with E-state index in [0.717, 1.165) is 24.9 Å². The number of fused-ring (bicyclic) bond motifs is 1. The number of ether oxygens (including phenoxy) is 2. The third-order valence-corrected chi connectivity index (χ3v) is 5.87. The van der Waals surface area contributed by atoms with E-state index in [1.807, 2.05) is 29.5 Å². The summed E-state index contributed by atoms with van der Waals surface area (Å²) in [5.74, 6) is 1.66. The van der Waals surface area contributed by atoms with Crippen LogP contribution < -0.4 is 9.47 Å². The van der Waals surface area contributed by atoms with Crippen LogP contribution in [0.25, 0.3) is 0 Å². The number of amides is 1. The normalized spacial score (nSPS) is 16.4. The minimum Gasteiger partial charge on any atom is -0.493 e. The van der Waals surface area contributed by atoms with Gasteiger partial charge in [-0.3, -0.25) is 4.79 Å². The van der Waals surface area contributed by atoms with Crippen LogP contribution in [0.15, 0.2) is 29.6 Å². The van der Waals surface area contributed by atoms with Crippen LogP contribution in [0.5, 0.6) is 11.5 Å². The molecule has 5 heteroatoms. The standard InChI is InChI=1S/C20H25NO3S/c1-4-16-15-10-12-25-19(15)9-11-21(16)20(22)8-6-14-5-7-17(23-2)18(13-14)24-3/h5,7,10,12-13,16H,4,6,8-9,11H2,1-3H3. The second-order valence-electron chi connectivity index (χ2n) is 6.25. The summed E-state index contributed by atoms with van der Waals surface area (Å²) in [5, 5.41) is 2.14. The maximum absolute atomic E-state index is 12.8. The molecule has 1 aliphatic heterocycles. The van der Waals surface area contributed by atoms with Gasteiger partial charge in [-0.15, -0.1) is 11.3 Å². The number of nitrogens with zero attached hydrogens (tertiary/aromatic N) is 1. The average molecular weight is 359 g/mol. The SMILES string of the molecule is CCC1c2ccsc2CCN1C(=O)CCc1ccc(OC)c(OC)c1. The number of carbonyl (C=O) groups is 1. The largest absolute Gasteiger partial charge is 0.493 e. The smallest absolute Gasteiger partial charge is 0.223 e. The van der Waals surface area contributed by atoms with Gasteiger partial charge in [0.05, 0.1) is 20.3 Å². The van der Waals surface area contributed by atoms with E-state index in [2.05, 4.69) is 23.3 Å². The lowest BCUT2D eigenvalue weighted by atomic mass is 9.97. The molecule has 0 bridgehead atoms. The molecule has 0 radical (unpaired) electrons. The van der Waals surface area contributed by atoms with Gasteiger partial charge in [-0.2, -0.15) is 0 Å². The molecule has 3 rings (SSSR count). The molecule has 1 aliphatic rings. The monoisotopic (exact) mass is 359 g/mol. The molecule has 1 atom stereocenters. The zero-order valence-corrected chi connectivity index (χ0v) is 15.9. The molecule has 0 saturated carbocycles. The van der Waals surface area contributed by atoms with Gasteiger partial charge < -0.3 is 14.4 Å². The molecule has 134 valence electrons. The van der Waals surface area contributed by atoms with Crippen LogP contribution in [0.2, 0.25) is 0 Å². The van der Waals surface area contributed by atoms with Crippen molar-refractivity contribution in [1.29, 1.82) is 0 Å². The molecule has 0 saturated heterocycles. The molecule has 1 aromatic heterocycles. The number of rotatable bonds is 6. The fraction of sp³-hybridized carbons (Fsp3) is 0.450. The predicted octanol–water partition coefficient (Wildman–Crippen LogP) is 4.23. The Morgan fingerprint density at radius 3 is 2.76 bits per heavy atom. The molecule has 0 fully saturated rings. The molecule has 2 heterocycles. The topological polar surface area (TPSA) is 38.8 Å². The molecule has 0 aliphatic carbocycles. The first-order valence-electron chi connectivity index (χ1n) is 8.74. The summed E-state index contributed by atoms with van der Waals surface area (Å²) in [6, 6.07) is 8.26. The lowest BCUT2D eigenvalue weighted by Crippen LogP contribution is -2.39. The molecule has 1 amide bonds. The molecule has 1 unspecified atom stereocenters. The van der Waals surface area contributed by atoms with Crippen LogP contribution in [-0.4, -0.2) is 31.6 Å². The minimum absolute atomic E-state index is 0.230. The summed E-state index contributed by atoms with van der Waals surface area (Å²) in [7, 11) is 3.26. The fourth-order valence-corrected chi connectivity index (χ4v) is 4.49. The number of carbonyl (C=O) groups excluding carboxylic acids is 1. The highest BCUT2D eigenvalue weighted by Crippen LogP contribution is 2.35. The van der Waals surface area contributed by atoms with Crippen molar-refractivity contribution in [1.82, 2.24) is 4.90 Å². The van der Waals surface area contributed by atoms with Gasteiger partial charge in [0, 0.05) is 17.8 Å². The van der Waals surface area contributed by atoms with Gasteiger partial charge in [0.15, 0.2) is 11.5 Å². The van der Waals surface area contributed by atoms with Crippen LogP contribution in [0.3, 0.4) is 0 Å². The van der Waals surface area contributed by atoms with Crippen molar-refractivity contribution < 1.29 is 14.3 Å². The first-order chi connectivity index (χ1) is 12.2. The van der Waals surface area contributed by atoms with Gasteiger partial charge in [-0.25, -0.2) is 0 Å². The number of benzene rings is 1. The van der Waals surface area contributed by atoms with Crippen molar-refractivity contribution >= 4 is 17.2 Å². The van der Waals surface area contributed by atoms with Crippen molar-refractivity contribution in [3.8, 4) is 11.5 Å². The van der Waals surface area contributed by atoms with Gasteiger partial charge >= 0.3 is 0 Å². The third kappa shape index (κ3) is 3.66. The Morgan fingerprint density at radius 2 is 2.04 bits per heavy atom. The van der Waals surface area contributed by atoms with Crippen LogP contribution in [0.1, 0.15) is 41.8 Å². The molecule has 25 heavy (non-hydrogen) atoms. The molecule has 0 spiro atoms. The molecular formula is C20H25NO3S. The predicted molar refractivity (Wildman–Crippen MR) is 101 cm³/mol. The second kappa shape index (κ2) is 7.91. The van der Waals surface area contributed by atoms with E-state index in [9.17, 15) is 4.79 Å². The van der Waals surface area contributed by atoms with Crippen molar-refractivity contribution in [3.05, 3.63) is 45.6 Å². The van der Waals surface area contributed by atoms with Gasteiger partial charge in [-0.1, -0.05) is 13.0 Å². The number of hydrogen-bond donors (Lipinski definition) is 0. The van der Waals surface area contributed by atoms with Crippen LogP contribution >= 0.6 is 11.3 Å². The Bertz CT molecular complexity index is 740. The van der Waals surface area contributed by atoms with Crippen LogP contribution in [0.4, 0.5) is 0 Å². The quantitative estimate of drug-likeness (QED) is 0.774. The van der Waals surface area contributed by atoms with E-state index in [1.54, 1.807) is 14.2 Å². The number of hydrogen-bond acceptors (Lipinski definition) is 4. The summed E-state index contributed by atoms with van der Waals surface area (Å²) < 4.78 is 10.6. The number of methoxy groups -OCH3 is 2. The molecule has 0 N–H and O–H groups in total. The Balaban J connectivity index is 1.67. The third-order valence-electron chi connectivity index (χ3n) is 4.88. The second-order valence-corrected chi connectivity index (χ2v) is 7.25. The van der Waals surface area contributed by atoms with Crippen molar-refractivity contribution in [3.63, 3.8) is 0 Å². The van der Waals surface area contributed by atoms with E-state index in [1.165, 1.54) is 10.4 Å². The van der Waals surface area contributed by atoms with Gasteiger partial charge in [-0.05, 0) is 54.0 Å². The van der Waals surface area contributed by atoms with Crippen molar-refractivity contribution in [2.24, 2.45) is 0 Å². The first-order valence-corrected chi connectivity index (χ1v) is 9.62. The van der Waals surface area contributed by atoms with Crippen LogP contribution in [-0.2, 0) is 17.6 Å². The van der Waals surface area contributed by atoms with E-state index < -0.39 is 0 Å². The zero-order valence-electron chi connectivity index (χ0n) is 15.1. The highest BCUT2D eigenvalue weighted by atomic mass is 32.1. The minimum atomic E-state index is 0.230. The Hall–Kier alpha value is -2.01. The Morgan fingerprint density at radius 1 is 1.24 bits per heavy atom. The summed E-state index contributed by atoms with van der Waals surface area (Å²) in [5.41, 5.74) is 2.44. The molecule has 4 nitrogen and oxygen atoms in total. The van der Waals surface area contributed by atoms with E-state index in [0.29, 0.717) is 24.3 Å². The zero-order chi connectivity index (χ0) is 17.8. The maximum atomic E-state index is 12.8. The van der Waals surface area contributed by atoms with Crippen LogP contribution in [0, 0.1) is 0 Å². The summed E-state index contributed by atoms with van der Waals surface area (Å²) in [6.45, 7) is 2.99. The highest BCUT2D eigenvalue weighted by Gasteiger charge is 2.29. The van der Waals surface area contributed by atoms with Gasteiger partial charge in [0.1, 0.15) is 0 Å². The molecular weight excluding hydrogens is 334 g/mol. The van der Waals surface area contributed by atoms with E-state index in [-0.39, 0.29) is 11.9 Å². The number of aryl methyl sites for hydroxylation is 1. The Kier molecular flexibility index (Phi) is 5.63. The van der Waals surface area contributed by atoms with Gasteiger partial charge in [0.25, 0.3) is 0 Å². The average Bonchev–Trinajstić information content (AvgIpc) is 3.13. The summed E-state index contributed by atoms with van der Waals surface area (Å²) in [4.78, 5) is 16.3. The molecule has 1 aromatic carbocycles. The van der Waals surface area contributed by atoms with E-state index >= 15 is 0 Å². The first kappa shape index (κ1) is 17.8. The summed E-state index contributed by atoms with van der Waals surface area (Å²) >= 11 is 1.81. The lowest BCUT2D eigenvalue weighted by molar-refractivity contribution is -0.134. The van der Waals surface area contributed by atoms with E-state index in [4.69, 9.17) is 9.47 Å².